The Kier molecular flexibility index (Phi) is 6.20. The van der Waals surface area contributed by atoms with Gasteiger partial charge in [0.1, 0.15) is 4.90 Å². The Labute approximate surface area is 132 Å². The summed E-state index contributed by atoms with van der Waals surface area (Å²) in [6.07, 6.45) is -5.15. The smallest absolute Gasteiger partial charge is 0.404 e. The van der Waals surface area contributed by atoms with Gasteiger partial charge in [0.25, 0.3) is 0 Å². The topological polar surface area (TPSA) is 95.7 Å². The Morgan fingerprint density at radius 2 is 1.95 bits per heavy atom. The zero-order chi connectivity index (χ0) is 17.0. The number of nitrogens with two attached hydrogens (primary N) is 1. The van der Waals surface area contributed by atoms with Crippen LogP contribution in [0.5, 0.6) is 5.75 Å². The van der Waals surface area contributed by atoms with E-state index in [2.05, 4.69) is 24.8 Å². The normalized spacial score (nSPS) is 12.2. The number of amides is 1. The zero-order valence-corrected chi connectivity index (χ0v) is 13.3. The van der Waals surface area contributed by atoms with Gasteiger partial charge in [0.2, 0.25) is 5.91 Å². The van der Waals surface area contributed by atoms with Gasteiger partial charge in [0.05, 0.1) is 6.61 Å². The first-order chi connectivity index (χ1) is 10.0. The minimum absolute atomic E-state index is 0.0144. The van der Waals surface area contributed by atoms with Crippen LogP contribution in [0.15, 0.2) is 27.6 Å². The molecule has 1 aromatic carbocycles. The fourth-order valence-corrected chi connectivity index (χ4v) is 2.76. The summed E-state index contributed by atoms with van der Waals surface area (Å²) in [5.41, 5.74) is 4.87. The molecule has 0 atom stereocenters. The van der Waals surface area contributed by atoms with Crippen molar-refractivity contribution in [2.45, 2.75) is 24.1 Å². The highest BCUT2D eigenvalue weighted by Gasteiger charge is 2.34. The third-order valence-electron chi connectivity index (χ3n) is 2.21. The Morgan fingerprint density at radius 3 is 2.50 bits per heavy atom. The summed E-state index contributed by atoms with van der Waals surface area (Å²) in [4.78, 5) is 9.74. The highest BCUT2D eigenvalue weighted by molar-refractivity contribution is 9.10. The van der Waals surface area contributed by atoms with Crippen LogP contribution in [-0.4, -0.2) is 27.3 Å². The van der Waals surface area contributed by atoms with Gasteiger partial charge in [-0.25, -0.2) is 0 Å². The molecule has 11 heteroatoms. The Morgan fingerprint density at radius 1 is 1.32 bits per heavy atom. The molecule has 0 saturated heterocycles. The number of hydrogen-bond donors (Lipinski definition) is 1. The van der Waals surface area contributed by atoms with Gasteiger partial charge in [-0.1, -0.05) is 15.9 Å². The number of hydrogen-bond acceptors (Lipinski definition) is 5. The minimum atomic E-state index is -5.06. The largest absolute Gasteiger partial charge is 0.573 e. The molecule has 0 radical (unpaired) electrons. The number of rotatable bonds is 7. The van der Waals surface area contributed by atoms with E-state index in [0.29, 0.717) is 0 Å². The molecule has 0 spiro atoms. The first kappa shape index (κ1) is 18.7. The van der Waals surface area contributed by atoms with Crippen LogP contribution in [0.4, 0.5) is 13.2 Å². The van der Waals surface area contributed by atoms with Crippen LogP contribution in [0.1, 0.15) is 12.8 Å². The Hall–Kier alpha value is -1.33. The molecule has 0 heterocycles. The van der Waals surface area contributed by atoms with Gasteiger partial charge >= 0.3 is 16.5 Å². The van der Waals surface area contributed by atoms with Gasteiger partial charge in [0, 0.05) is 10.9 Å². The highest BCUT2D eigenvalue weighted by Crippen LogP contribution is 2.33. The molecule has 0 fully saturated rings. The van der Waals surface area contributed by atoms with Crippen molar-refractivity contribution in [2.24, 2.45) is 5.73 Å². The van der Waals surface area contributed by atoms with Crippen LogP contribution in [0.25, 0.3) is 0 Å². The van der Waals surface area contributed by atoms with Gasteiger partial charge < -0.3 is 10.5 Å². The molecule has 0 unspecified atom stereocenters. The SMILES string of the molecule is NC(=O)CCCOS(=O)(=O)c1ccc(Br)cc1OC(F)(F)F. The molecule has 0 aliphatic heterocycles. The minimum Gasteiger partial charge on any atom is -0.404 e. The second-order valence-corrected chi connectivity index (χ2v) is 6.48. The van der Waals surface area contributed by atoms with Crippen molar-refractivity contribution in [3.63, 3.8) is 0 Å². The van der Waals surface area contributed by atoms with Gasteiger partial charge in [-0.2, -0.15) is 8.42 Å². The standard InChI is InChI=1S/C11H11BrF3NO5S/c12-7-3-4-9(8(6-7)21-11(13,14)15)22(18,19)20-5-1-2-10(16)17/h3-4,6H,1-2,5H2,(H2,16,17). The van der Waals surface area contributed by atoms with Crippen LogP contribution < -0.4 is 10.5 Å². The monoisotopic (exact) mass is 405 g/mol. The van der Waals surface area contributed by atoms with Gasteiger partial charge in [0.15, 0.2) is 5.75 Å². The number of carbonyl (C=O) groups is 1. The molecule has 124 valence electrons. The zero-order valence-electron chi connectivity index (χ0n) is 10.9. The molecule has 1 rings (SSSR count). The van der Waals surface area contributed by atoms with E-state index >= 15 is 0 Å². The molecule has 1 aromatic rings. The van der Waals surface area contributed by atoms with Crippen molar-refractivity contribution < 1.29 is 35.3 Å². The number of carbonyl (C=O) groups excluding carboxylic acids is 1. The lowest BCUT2D eigenvalue weighted by Gasteiger charge is -2.13. The van der Waals surface area contributed by atoms with E-state index in [1.165, 1.54) is 6.07 Å². The first-order valence-electron chi connectivity index (χ1n) is 5.74. The van der Waals surface area contributed by atoms with E-state index in [1.54, 1.807) is 0 Å². The summed E-state index contributed by atoms with van der Waals surface area (Å²) in [6, 6.07) is 2.99. The van der Waals surface area contributed by atoms with Crippen molar-refractivity contribution in [1.82, 2.24) is 0 Å². The van der Waals surface area contributed by atoms with Gasteiger partial charge in [-0.15, -0.1) is 13.2 Å². The fourth-order valence-electron chi connectivity index (χ4n) is 1.37. The third kappa shape index (κ3) is 6.20. The van der Waals surface area contributed by atoms with E-state index in [-0.39, 0.29) is 17.3 Å². The quantitative estimate of drug-likeness (QED) is 0.554. The van der Waals surface area contributed by atoms with Crippen LogP contribution in [0.2, 0.25) is 0 Å². The van der Waals surface area contributed by atoms with Crippen LogP contribution >= 0.6 is 15.9 Å². The summed E-state index contributed by atoms with van der Waals surface area (Å²) in [6.45, 7) is -0.396. The summed E-state index contributed by atoms with van der Waals surface area (Å²) < 4.78 is 69.2. The number of ether oxygens (including phenoxy) is 1. The highest BCUT2D eigenvalue weighted by atomic mass is 79.9. The average Bonchev–Trinajstić information content (AvgIpc) is 2.32. The number of halogens is 4. The maximum Gasteiger partial charge on any atom is 0.573 e. The maximum atomic E-state index is 12.3. The molecule has 1 amide bonds. The summed E-state index contributed by atoms with van der Waals surface area (Å²) in [7, 11) is -4.48. The molecule has 0 bridgehead atoms. The van der Waals surface area contributed by atoms with E-state index in [4.69, 9.17) is 5.73 Å². The van der Waals surface area contributed by atoms with Crippen molar-refractivity contribution in [3.05, 3.63) is 22.7 Å². The van der Waals surface area contributed by atoms with E-state index in [0.717, 1.165) is 12.1 Å². The lowest BCUT2D eigenvalue weighted by Crippen LogP contribution is -2.20. The molecule has 0 aromatic heterocycles. The molecular formula is C11H11BrF3NO5S. The van der Waals surface area contributed by atoms with Crippen molar-refractivity contribution in [3.8, 4) is 5.75 Å². The average molecular weight is 406 g/mol. The molecule has 0 aliphatic carbocycles. The predicted octanol–water partition coefficient (Wildman–Crippen LogP) is 2.32. The van der Waals surface area contributed by atoms with Crippen molar-refractivity contribution >= 4 is 32.0 Å². The number of primary amides is 1. The second kappa shape index (κ2) is 7.29. The van der Waals surface area contributed by atoms with E-state index in [9.17, 15) is 26.4 Å². The molecule has 22 heavy (non-hydrogen) atoms. The summed E-state index contributed by atoms with van der Waals surface area (Å²) >= 11 is 2.92. The molecule has 0 aliphatic rings. The van der Waals surface area contributed by atoms with E-state index in [1.807, 2.05) is 0 Å². The van der Waals surface area contributed by atoms with E-state index < -0.39 is 39.6 Å². The predicted molar refractivity (Wildman–Crippen MR) is 72.4 cm³/mol. The number of benzene rings is 1. The lowest BCUT2D eigenvalue weighted by atomic mass is 10.3. The third-order valence-corrected chi connectivity index (χ3v) is 4.05. The van der Waals surface area contributed by atoms with Crippen molar-refractivity contribution in [1.29, 1.82) is 0 Å². The van der Waals surface area contributed by atoms with Crippen LogP contribution in [-0.2, 0) is 19.1 Å². The van der Waals surface area contributed by atoms with Crippen LogP contribution in [0, 0.1) is 0 Å². The summed E-state index contributed by atoms with van der Waals surface area (Å²) in [5, 5.41) is 0. The summed E-state index contributed by atoms with van der Waals surface area (Å²) in [5.74, 6) is -1.57. The molecule has 2 N–H and O–H groups in total. The van der Waals surface area contributed by atoms with Crippen LogP contribution in [0.3, 0.4) is 0 Å². The lowest BCUT2D eigenvalue weighted by molar-refractivity contribution is -0.275. The second-order valence-electron chi connectivity index (χ2n) is 3.98. The van der Waals surface area contributed by atoms with Gasteiger partial charge in [-0.05, 0) is 24.6 Å². The fraction of sp³-hybridized carbons (Fsp3) is 0.364. The maximum absolute atomic E-state index is 12.3. The molecule has 0 saturated carbocycles. The Balaban J connectivity index is 2.96. The Bertz CT molecular complexity index is 648. The molecule has 6 nitrogen and oxygen atoms in total. The first-order valence-corrected chi connectivity index (χ1v) is 7.94. The van der Waals surface area contributed by atoms with Gasteiger partial charge in [-0.3, -0.25) is 8.98 Å². The number of alkyl halides is 3. The van der Waals surface area contributed by atoms with Crippen molar-refractivity contribution in [2.75, 3.05) is 6.61 Å². The molecular weight excluding hydrogens is 395 g/mol.